The number of nitrogens with one attached hydrogen (secondary N) is 1. The Balaban J connectivity index is 1.70. The van der Waals surface area contributed by atoms with E-state index in [9.17, 15) is 18.0 Å². The molecule has 0 bridgehead atoms. The molecule has 4 rings (SSSR count). The molecule has 150 valence electrons. The molecular formula is C18H17ClF3N3O3. The highest BCUT2D eigenvalue weighted by Gasteiger charge is 2.37. The van der Waals surface area contributed by atoms with E-state index >= 15 is 0 Å². The number of nitrogens with zero attached hydrogens (tertiary/aromatic N) is 2. The van der Waals surface area contributed by atoms with Gasteiger partial charge in [-0.15, -0.1) is 0 Å². The molecule has 0 spiro atoms. The minimum atomic E-state index is -4.66. The molecule has 1 amide bonds. The average Bonchev–Trinajstić information content (AvgIpc) is 3.40. The topological polar surface area (TPSA) is 64.9 Å². The Morgan fingerprint density at radius 1 is 1.43 bits per heavy atom. The van der Waals surface area contributed by atoms with E-state index in [0.29, 0.717) is 18.6 Å². The molecule has 28 heavy (non-hydrogen) atoms. The van der Waals surface area contributed by atoms with Crippen molar-refractivity contribution < 1.29 is 27.4 Å². The summed E-state index contributed by atoms with van der Waals surface area (Å²) >= 11 is 6.23. The van der Waals surface area contributed by atoms with Gasteiger partial charge in [0.2, 0.25) is 0 Å². The lowest BCUT2D eigenvalue weighted by molar-refractivity contribution is -0.136. The number of aromatic nitrogens is 2. The highest BCUT2D eigenvalue weighted by Crippen LogP contribution is 2.37. The van der Waals surface area contributed by atoms with Crippen LogP contribution in [0.2, 0.25) is 5.15 Å². The van der Waals surface area contributed by atoms with Crippen LogP contribution in [-0.4, -0.2) is 34.5 Å². The van der Waals surface area contributed by atoms with Crippen molar-refractivity contribution >= 4 is 23.2 Å². The van der Waals surface area contributed by atoms with Crippen molar-refractivity contribution in [2.24, 2.45) is 0 Å². The zero-order valence-corrected chi connectivity index (χ0v) is 15.4. The molecule has 2 aliphatic rings. The van der Waals surface area contributed by atoms with Gasteiger partial charge in [0, 0.05) is 31.3 Å². The molecule has 2 aromatic heterocycles. The van der Waals surface area contributed by atoms with Gasteiger partial charge in [-0.05, 0) is 25.0 Å². The second-order valence-corrected chi connectivity index (χ2v) is 7.06. The molecule has 6 nitrogen and oxygen atoms in total. The Kier molecular flexibility index (Phi) is 4.96. The second kappa shape index (κ2) is 7.29. The fourth-order valence-corrected chi connectivity index (χ4v) is 3.62. The van der Waals surface area contributed by atoms with Gasteiger partial charge < -0.3 is 14.8 Å². The fraction of sp³-hybridized carbons (Fsp3) is 0.444. The van der Waals surface area contributed by atoms with Crippen LogP contribution < -0.4 is 5.32 Å². The first-order chi connectivity index (χ1) is 13.3. The summed E-state index contributed by atoms with van der Waals surface area (Å²) in [5.41, 5.74) is -1.35. The lowest BCUT2D eigenvalue weighted by Gasteiger charge is -2.15. The van der Waals surface area contributed by atoms with E-state index in [1.54, 1.807) is 6.08 Å². The van der Waals surface area contributed by atoms with Crippen LogP contribution in [0.25, 0.3) is 5.65 Å². The molecule has 0 aliphatic carbocycles. The van der Waals surface area contributed by atoms with Crippen molar-refractivity contribution in [2.75, 3.05) is 13.2 Å². The number of rotatable bonds is 4. The van der Waals surface area contributed by atoms with Gasteiger partial charge >= 0.3 is 6.18 Å². The average molecular weight is 416 g/mol. The largest absolute Gasteiger partial charge is 0.493 e. The Labute approximate surface area is 163 Å². The predicted molar refractivity (Wildman–Crippen MR) is 94.1 cm³/mol. The number of ether oxygens (including phenoxy) is 2. The van der Waals surface area contributed by atoms with Gasteiger partial charge in [0.1, 0.15) is 11.3 Å². The quantitative estimate of drug-likeness (QED) is 0.822. The Morgan fingerprint density at radius 3 is 2.89 bits per heavy atom. The lowest BCUT2D eigenvalue weighted by atomic mass is 10.1. The summed E-state index contributed by atoms with van der Waals surface area (Å²) in [6.07, 6.45) is 1.46. The third-order valence-corrected chi connectivity index (χ3v) is 5.14. The number of hydrogen-bond donors (Lipinski definition) is 1. The number of pyridine rings is 1. The first kappa shape index (κ1) is 19.1. The summed E-state index contributed by atoms with van der Waals surface area (Å²) < 4.78 is 52.7. The first-order valence-corrected chi connectivity index (χ1v) is 9.21. The van der Waals surface area contributed by atoms with E-state index in [1.165, 1.54) is 12.5 Å². The van der Waals surface area contributed by atoms with Gasteiger partial charge in [0.15, 0.2) is 11.3 Å². The summed E-state index contributed by atoms with van der Waals surface area (Å²) in [7, 11) is 0. The van der Waals surface area contributed by atoms with E-state index in [1.807, 2.05) is 0 Å². The van der Waals surface area contributed by atoms with Crippen LogP contribution in [0.5, 0.6) is 0 Å². The normalized spacial score (nSPS) is 22.0. The maximum absolute atomic E-state index is 13.6. The summed E-state index contributed by atoms with van der Waals surface area (Å²) in [6, 6.07) is 0.990. The predicted octanol–water partition coefficient (Wildman–Crippen LogP) is 3.89. The van der Waals surface area contributed by atoms with Crippen molar-refractivity contribution in [1.29, 1.82) is 0 Å². The molecule has 0 radical (unpaired) electrons. The number of carbonyl (C=O) groups excluding carboxylic acids is 1. The van der Waals surface area contributed by atoms with Crippen LogP contribution >= 0.6 is 11.6 Å². The SMILES string of the molecule is O=C(NCC1CCCO1)c1nc2c(C(F)(F)F)cc(C3CC=CO3)cn2c1Cl. The van der Waals surface area contributed by atoms with E-state index in [0.717, 1.165) is 23.3 Å². The van der Waals surface area contributed by atoms with Crippen LogP contribution in [0.4, 0.5) is 13.2 Å². The molecule has 10 heteroatoms. The lowest BCUT2D eigenvalue weighted by Crippen LogP contribution is -2.32. The monoisotopic (exact) mass is 415 g/mol. The maximum atomic E-state index is 13.6. The number of hydrogen-bond acceptors (Lipinski definition) is 4. The van der Waals surface area contributed by atoms with Crippen molar-refractivity contribution in [2.45, 2.75) is 37.6 Å². The van der Waals surface area contributed by atoms with Gasteiger partial charge in [-0.2, -0.15) is 13.2 Å². The van der Waals surface area contributed by atoms with Crippen molar-refractivity contribution in [3.8, 4) is 0 Å². The van der Waals surface area contributed by atoms with Crippen molar-refractivity contribution in [3.63, 3.8) is 0 Å². The molecule has 1 N–H and O–H groups in total. The molecule has 2 aliphatic heterocycles. The number of alkyl halides is 3. The van der Waals surface area contributed by atoms with Gasteiger partial charge in [0.05, 0.1) is 17.9 Å². The highest BCUT2D eigenvalue weighted by atomic mass is 35.5. The molecule has 2 aromatic rings. The molecule has 4 heterocycles. The van der Waals surface area contributed by atoms with Crippen molar-refractivity contribution in [3.05, 3.63) is 46.6 Å². The molecule has 1 saturated heterocycles. The summed E-state index contributed by atoms with van der Waals surface area (Å²) in [6.45, 7) is 0.882. The molecule has 0 saturated carbocycles. The van der Waals surface area contributed by atoms with Crippen LogP contribution in [-0.2, 0) is 15.7 Å². The van der Waals surface area contributed by atoms with Crippen LogP contribution in [0.3, 0.4) is 0 Å². The van der Waals surface area contributed by atoms with Crippen LogP contribution in [0, 0.1) is 0 Å². The highest BCUT2D eigenvalue weighted by molar-refractivity contribution is 6.33. The minimum absolute atomic E-state index is 0.107. The number of carbonyl (C=O) groups is 1. The number of fused-ring (bicyclic) bond motifs is 1. The molecule has 1 fully saturated rings. The Bertz CT molecular complexity index is 928. The number of halogens is 4. The van der Waals surface area contributed by atoms with Crippen LogP contribution in [0.15, 0.2) is 24.6 Å². The van der Waals surface area contributed by atoms with E-state index < -0.39 is 29.4 Å². The van der Waals surface area contributed by atoms with Crippen LogP contribution in [0.1, 0.15) is 47.0 Å². The van der Waals surface area contributed by atoms with E-state index in [-0.39, 0.29) is 23.5 Å². The molecule has 0 aromatic carbocycles. The van der Waals surface area contributed by atoms with Gasteiger partial charge in [-0.3, -0.25) is 9.20 Å². The van der Waals surface area contributed by atoms with Gasteiger partial charge in [-0.1, -0.05) is 11.6 Å². The zero-order chi connectivity index (χ0) is 19.9. The van der Waals surface area contributed by atoms with Crippen molar-refractivity contribution in [1.82, 2.24) is 14.7 Å². The number of amides is 1. The number of imidazole rings is 1. The van der Waals surface area contributed by atoms with E-state index in [2.05, 4.69) is 10.3 Å². The molecular weight excluding hydrogens is 399 g/mol. The summed E-state index contributed by atoms with van der Waals surface area (Å²) in [4.78, 5) is 16.3. The third-order valence-electron chi connectivity index (χ3n) is 4.78. The third kappa shape index (κ3) is 3.56. The summed E-state index contributed by atoms with van der Waals surface area (Å²) in [5, 5.41) is 2.45. The van der Waals surface area contributed by atoms with Gasteiger partial charge in [0.25, 0.3) is 5.91 Å². The standard InChI is InChI=1S/C18H17ClF3N3O3/c19-15-14(17(26)23-8-11-3-1-5-27-11)24-16-12(18(20,21)22)7-10(9-25(15)16)13-4-2-6-28-13/h2,6-7,9,11,13H,1,3-5,8H2,(H,23,26). The van der Waals surface area contributed by atoms with Gasteiger partial charge in [-0.25, -0.2) is 4.98 Å². The molecule has 2 atom stereocenters. The minimum Gasteiger partial charge on any atom is -0.493 e. The summed E-state index contributed by atoms with van der Waals surface area (Å²) in [5.74, 6) is -0.641. The molecule has 2 unspecified atom stereocenters. The zero-order valence-electron chi connectivity index (χ0n) is 14.6. The smallest absolute Gasteiger partial charge is 0.419 e. The van der Waals surface area contributed by atoms with E-state index in [4.69, 9.17) is 21.1 Å². The fourth-order valence-electron chi connectivity index (χ4n) is 3.36. The second-order valence-electron chi connectivity index (χ2n) is 6.71. The maximum Gasteiger partial charge on any atom is 0.419 e. The first-order valence-electron chi connectivity index (χ1n) is 8.83. The Hall–Kier alpha value is -2.26. The Morgan fingerprint density at radius 2 is 2.25 bits per heavy atom.